The van der Waals surface area contributed by atoms with Gasteiger partial charge in [0.1, 0.15) is 6.33 Å². The molecule has 1 aromatic heterocycles. The highest BCUT2D eigenvalue weighted by Gasteiger charge is 2.19. The summed E-state index contributed by atoms with van der Waals surface area (Å²) < 4.78 is 1.72. The van der Waals surface area contributed by atoms with E-state index < -0.39 is 0 Å². The lowest BCUT2D eigenvalue weighted by molar-refractivity contribution is -0.129. The van der Waals surface area contributed by atoms with Crippen LogP contribution in [0.3, 0.4) is 0 Å². The number of aryl methyl sites for hydroxylation is 1. The second-order valence-corrected chi connectivity index (χ2v) is 4.82. The first-order chi connectivity index (χ1) is 8.65. The Hall–Kier alpha value is -1.43. The third-order valence-corrected chi connectivity index (χ3v) is 3.37. The average molecular weight is 251 g/mol. The highest BCUT2D eigenvalue weighted by atomic mass is 16.2. The second-order valence-electron chi connectivity index (χ2n) is 4.82. The van der Waals surface area contributed by atoms with E-state index in [1.807, 2.05) is 11.9 Å². The predicted molar refractivity (Wildman–Crippen MR) is 68.0 cm³/mol. The number of piperidine rings is 1. The van der Waals surface area contributed by atoms with Crippen LogP contribution in [0.1, 0.15) is 25.6 Å². The fourth-order valence-corrected chi connectivity index (χ4v) is 2.29. The molecule has 0 bridgehead atoms. The Morgan fingerprint density at radius 2 is 2.22 bits per heavy atom. The largest absolute Gasteiger partial charge is 0.343 e. The lowest BCUT2D eigenvalue weighted by Gasteiger charge is -2.31. The van der Waals surface area contributed by atoms with Crippen LogP contribution in [-0.2, 0) is 18.3 Å². The summed E-state index contributed by atoms with van der Waals surface area (Å²) in [5, 5.41) is 7.75. The Balaban J connectivity index is 1.65. The average Bonchev–Trinajstić information content (AvgIpc) is 2.76. The molecular formula is C12H21N5O. The summed E-state index contributed by atoms with van der Waals surface area (Å²) in [6, 6.07) is 0.518. The summed E-state index contributed by atoms with van der Waals surface area (Å²) in [6.45, 7) is 4.28. The number of rotatable bonds is 4. The SMILES string of the molecule is CC(=O)N1CCC(NCCc2ncn(C)n2)CC1. The van der Waals surface area contributed by atoms with Crippen LogP contribution < -0.4 is 5.32 Å². The van der Waals surface area contributed by atoms with Gasteiger partial charge in [0, 0.05) is 46.1 Å². The molecular weight excluding hydrogens is 230 g/mol. The highest BCUT2D eigenvalue weighted by molar-refractivity contribution is 5.73. The molecule has 1 amide bonds. The lowest BCUT2D eigenvalue weighted by Crippen LogP contribution is -2.44. The van der Waals surface area contributed by atoms with Gasteiger partial charge in [0.15, 0.2) is 5.82 Å². The molecule has 18 heavy (non-hydrogen) atoms. The van der Waals surface area contributed by atoms with Gasteiger partial charge in [-0.3, -0.25) is 9.48 Å². The zero-order valence-electron chi connectivity index (χ0n) is 11.1. The maximum atomic E-state index is 11.2. The van der Waals surface area contributed by atoms with Crippen molar-refractivity contribution in [1.29, 1.82) is 0 Å². The summed E-state index contributed by atoms with van der Waals surface area (Å²) in [5.41, 5.74) is 0. The Labute approximate surface area is 107 Å². The van der Waals surface area contributed by atoms with Gasteiger partial charge in [0.2, 0.25) is 5.91 Å². The van der Waals surface area contributed by atoms with Crippen molar-refractivity contribution in [1.82, 2.24) is 25.0 Å². The molecule has 0 unspecified atom stereocenters. The first-order valence-electron chi connectivity index (χ1n) is 6.48. The van der Waals surface area contributed by atoms with E-state index in [2.05, 4.69) is 15.4 Å². The van der Waals surface area contributed by atoms with Crippen molar-refractivity contribution in [3.63, 3.8) is 0 Å². The maximum absolute atomic E-state index is 11.2. The fourth-order valence-electron chi connectivity index (χ4n) is 2.29. The smallest absolute Gasteiger partial charge is 0.219 e. The van der Waals surface area contributed by atoms with Crippen LogP contribution in [0, 0.1) is 0 Å². The number of amides is 1. The van der Waals surface area contributed by atoms with Crippen molar-refractivity contribution in [3.8, 4) is 0 Å². The van der Waals surface area contributed by atoms with Crippen molar-refractivity contribution in [3.05, 3.63) is 12.2 Å². The fraction of sp³-hybridized carbons (Fsp3) is 0.750. The van der Waals surface area contributed by atoms with Gasteiger partial charge in [-0.15, -0.1) is 0 Å². The van der Waals surface area contributed by atoms with Gasteiger partial charge in [0.05, 0.1) is 0 Å². The van der Waals surface area contributed by atoms with E-state index in [9.17, 15) is 4.79 Å². The van der Waals surface area contributed by atoms with Gasteiger partial charge >= 0.3 is 0 Å². The zero-order chi connectivity index (χ0) is 13.0. The number of carbonyl (C=O) groups excluding carboxylic acids is 1. The molecule has 1 N–H and O–H groups in total. The van der Waals surface area contributed by atoms with E-state index in [-0.39, 0.29) is 5.91 Å². The molecule has 0 aromatic carbocycles. The molecule has 0 atom stereocenters. The van der Waals surface area contributed by atoms with Crippen molar-refractivity contribution in [2.45, 2.75) is 32.2 Å². The van der Waals surface area contributed by atoms with Crippen LogP contribution in [0.4, 0.5) is 0 Å². The molecule has 100 valence electrons. The number of likely N-dealkylation sites (tertiary alicyclic amines) is 1. The molecule has 0 saturated carbocycles. The number of nitrogens with one attached hydrogen (secondary N) is 1. The standard InChI is InChI=1S/C12H21N5O/c1-10(18)17-7-4-11(5-8-17)13-6-3-12-14-9-16(2)15-12/h9,11,13H,3-8H2,1-2H3. The van der Waals surface area contributed by atoms with Crippen molar-refractivity contribution >= 4 is 5.91 Å². The van der Waals surface area contributed by atoms with Crippen molar-refractivity contribution in [2.24, 2.45) is 7.05 Å². The number of aromatic nitrogens is 3. The molecule has 0 radical (unpaired) electrons. The highest BCUT2D eigenvalue weighted by Crippen LogP contribution is 2.10. The maximum Gasteiger partial charge on any atom is 0.219 e. The van der Waals surface area contributed by atoms with E-state index in [0.717, 1.165) is 44.7 Å². The van der Waals surface area contributed by atoms with E-state index in [4.69, 9.17) is 0 Å². The molecule has 1 aliphatic heterocycles. The van der Waals surface area contributed by atoms with Gasteiger partial charge < -0.3 is 10.2 Å². The third kappa shape index (κ3) is 3.53. The van der Waals surface area contributed by atoms with Gasteiger partial charge in [-0.1, -0.05) is 0 Å². The Morgan fingerprint density at radius 1 is 1.50 bits per heavy atom. The minimum atomic E-state index is 0.186. The number of hydrogen-bond acceptors (Lipinski definition) is 4. The molecule has 2 heterocycles. The Bertz CT molecular complexity index is 395. The van der Waals surface area contributed by atoms with Crippen molar-refractivity contribution in [2.75, 3.05) is 19.6 Å². The molecule has 0 spiro atoms. The number of carbonyl (C=O) groups is 1. The molecule has 6 nitrogen and oxygen atoms in total. The Kier molecular flexibility index (Phi) is 4.30. The molecule has 6 heteroatoms. The zero-order valence-corrected chi connectivity index (χ0v) is 11.1. The quantitative estimate of drug-likeness (QED) is 0.815. The predicted octanol–water partition coefficient (Wildman–Crippen LogP) is -0.0419. The third-order valence-electron chi connectivity index (χ3n) is 3.37. The van der Waals surface area contributed by atoms with Crippen LogP contribution in [0.25, 0.3) is 0 Å². The minimum Gasteiger partial charge on any atom is -0.343 e. The summed E-state index contributed by atoms with van der Waals surface area (Å²) in [7, 11) is 1.88. The molecule has 0 aliphatic carbocycles. The lowest BCUT2D eigenvalue weighted by atomic mass is 10.1. The summed E-state index contributed by atoms with van der Waals surface area (Å²) in [6.07, 6.45) is 4.65. The van der Waals surface area contributed by atoms with Crippen LogP contribution >= 0.6 is 0 Å². The monoisotopic (exact) mass is 251 g/mol. The van der Waals surface area contributed by atoms with E-state index in [1.165, 1.54) is 0 Å². The normalized spacial score (nSPS) is 17.1. The van der Waals surface area contributed by atoms with Gasteiger partial charge in [-0.05, 0) is 12.8 Å². The molecule has 1 saturated heterocycles. The van der Waals surface area contributed by atoms with E-state index in [1.54, 1.807) is 17.9 Å². The van der Waals surface area contributed by atoms with E-state index in [0.29, 0.717) is 6.04 Å². The number of hydrogen-bond donors (Lipinski definition) is 1. The summed E-state index contributed by atoms with van der Waals surface area (Å²) in [4.78, 5) is 17.3. The molecule has 1 aliphatic rings. The summed E-state index contributed by atoms with van der Waals surface area (Å²) >= 11 is 0. The topological polar surface area (TPSA) is 63.1 Å². The Morgan fingerprint density at radius 3 is 2.78 bits per heavy atom. The van der Waals surface area contributed by atoms with Gasteiger partial charge in [-0.2, -0.15) is 5.10 Å². The van der Waals surface area contributed by atoms with E-state index >= 15 is 0 Å². The summed E-state index contributed by atoms with van der Waals surface area (Å²) in [5.74, 6) is 1.07. The first kappa shape index (κ1) is 13.0. The molecule has 2 rings (SSSR count). The number of nitrogens with zero attached hydrogens (tertiary/aromatic N) is 4. The first-order valence-corrected chi connectivity index (χ1v) is 6.48. The van der Waals surface area contributed by atoms with Crippen LogP contribution in [0.5, 0.6) is 0 Å². The van der Waals surface area contributed by atoms with Crippen molar-refractivity contribution < 1.29 is 4.79 Å². The minimum absolute atomic E-state index is 0.186. The molecule has 1 fully saturated rings. The van der Waals surface area contributed by atoms with Crippen LogP contribution in [0.2, 0.25) is 0 Å². The molecule has 1 aromatic rings. The van der Waals surface area contributed by atoms with Gasteiger partial charge in [0.25, 0.3) is 0 Å². The second kappa shape index (κ2) is 5.95. The van der Waals surface area contributed by atoms with Crippen LogP contribution in [-0.4, -0.2) is 51.2 Å². The van der Waals surface area contributed by atoms with Gasteiger partial charge in [-0.25, -0.2) is 4.98 Å². The van der Waals surface area contributed by atoms with Crippen LogP contribution in [0.15, 0.2) is 6.33 Å².